The van der Waals surface area contributed by atoms with Crippen molar-refractivity contribution < 1.29 is 9.21 Å². The van der Waals surface area contributed by atoms with Gasteiger partial charge in [-0.05, 0) is 31.4 Å². The Hall–Kier alpha value is -1.23. The van der Waals surface area contributed by atoms with Crippen LogP contribution in [0.5, 0.6) is 0 Å². The molecule has 2 heterocycles. The van der Waals surface area contributed by atoms with Crippen molar-refractivity contribution in [2.75, 3.05) is 19.6 Å². The van der Waals surface area contributed by atoms with Gasteiger partial charge in [-0.2, -0.15) is 0 Å². The van der Waals surface area contributed by atoms with E-state index in [2.05, 4.69) is 6.92 Å². The zero-order valence-electron chi connectivity index (χ0n) is 12.7. The highest BCUT2D eigenvalue weighted by molar-refractivity contribution is 6.35. The van der Waals surface area contributed by atoms with Crippen molar-refractivity contribution >= 4 is 40.9 Å². The number of aryl methyl sites for hydroxylation is 1. The molecule has 3 rings (SSSR count). The molecule has 1 amide bonds. The van der Waals surface area contributed by atoms with Crippen molar-refractivity contribution in [1.82, 2.24) is 4.90 Å². The van der Waals surface area contributed by atoms with Gasteiger partial charge in [0.15, 0.2) is 11.3 Å². The number of carbonyl (C=O) groups excluding carboxylic acids is 1. The molecule has 1 aromatic heterocycles. The zero-order chi connectivity index (χ0) is 15.2. The molecule has 0 bridgehead atoms. The number of hydrogen-bond donors (Lipinski definition) is 1. The van der Waals surface area contributed by atoms with Crippen molar-refractivity contribution in [1.29, 1.82) is 0 Å². The van der Waals surface area contributed by atoms with E-state index in [4.69, 9.17) is 21.8 Å². The number of halogens is 2. The van der Waals surface area contributed by atoms with E-state index >= 15 is 0 Å². The van der Waals surface area contributed by atoms with E-state index < -0.39 is 0 Å². The smallest absolute Gasteiger partial charge is 0.289 e. The summed E-state index contributed by atoms with van der Waals surface area (Å²) in [4.78, 5) is 14.5. The third kappa shape index (κ3) is 2.71. The lowest BCUT2D eigenvalue weighted by molar-refractivity contribution is 0.0746. The summed E-state index contributed by atoms with van der Waals surface area (Å²) in [6, 6.07) is 5.55. The van der Waals surface area contributed by atoms with Gasteiger partial charge >= 0.3 is 0 Å². The summed E-state index contributed by atoms with van der Waals surface area (Å²) >= 11 is 6.14. The Balaban J connectivity index is 0.00000176. The Morgan fingerprint density at radius 1 is 1.50 bits per heavy atom. The molecule has 1 atom stereocenters. The van der Waals surface area contributed by atoms with Crippen molar-refractivity contribution in [3.05, 3.63) is 34.5 Å². The van der Waals surface area contributed by atoms with E-state index in [9.17, 15) is 4.79 Å². The number of hydrogen-bond acceptors (Lipinski definition) is 3. The second-order valence-corrected chi connectivity index (χ2v) is 6.57. The molecule has 120 valence electrons. The highest BCUT2D eigenvalue weighted by Crippen LogP contribution is 2.34. The molecule has 2 N–H and O–H groups in total. The Bertz CT molecular complexity index is 713. The molecule has 1 aliphatic rings. The minimum atomic E-state index is -0.0723. The number of rotatable bonds is 2. The van der Waals surface area contributed by atoms with Crippen molar-refractivity contribution in [3.63, 3.8) is 0 Å². The minimum absolute atomic E-state index is 0. The molecular weight excluding hydrogens is 323 g/mol. The molecule has 0 aliphatic carbocycles. The number of nitrogens with two attached hydrogens (primary N) is 1. The molecule has 2 aromatic rings. The van der Waals surface area contributed by atoms with Gasteiger partial charge in [0.25, 0.3) is 5.91 Å². The molecular formula is C16H20Cl2N2O2. The van der Waals surface area contributed by atoms with Crippen LogP contribution in [0.1, 0.15) is 29.5 Å². The van der Waals surface area contributed by atoms with E-state index in [1.54, 1.807) is 6.07 Å². The van der Waals surface area contributed by atoms with Crippen LogP contribution in [-0.4, -0.2) is 30.4 Å². The molecule has 1 fully saturated rings. The number of fused-ring (bicyclic) bond motifs is 1. The predicted molar refractivity (Wildman–Crippen MR) is 90.9 cm³/mol. The van der Waals surface area contributed by atoms with Gasteiger partial charge < -0.3 is 15.1 Å². The first-order chi connectivity index (χ1) is 9.95. The van der Waals surface area contributed by atoms with Crippen LogP contribution >= 0.6 is 24.0 Å². The van der Waals surface area contributed by atoms with Gasteiger partial charge in [-0.25, -0.2) is 0 Å². The first kappa shape index (κ1) is 17.1. The van der Waals surface area contributed by atoms with Gasteiger partial charge in [-0.1, -0.05) is 30.7 Å². The number of carbonyl (C=O) groups is 1. The highest BCUT2D eigenvalue weighted by Gasteiger charge is 2.36. The maximum Gasteiger partial charge on any atom is 0.289 e. The molecule has 0 radical (unpaired) electrons. The van der Waals surface area contributed by atoms with Gasteiger partial charge in [-0.15, -0.1) is 12.4 Å². The quantitative estimate of drug-likeness (QED) is 0.906. The lowest BCUT2D eigenvalue weighted by Crippen LogP contribution is -2.34. The minimum Gasteiger partial charge on any atom is -0.449 e. The number of amides is 1. The monoisotopic (exact) mass is 342 g/mol. The van der Waals surface area contributed by atoms with Crippen LogP contribution in [0.3, 0.4) is 0 Å². The summed E-state index contributed by atoms with van der Waals surface area (Å²) in [5, 5.41) is 1.43. The maximum absolute atomic E-state index is 12.7. The van der Waals surface area contributed by atoms with E-state index in [1.807, 2.05) is 24.0 Å². The second-order valence-electron chi connectivity index (χ2n) is 6.16. The van der Waals surface area contributed by atoms with E-state index in [1.165, 1.54) is 0 Å². The molecule has 0 saturated carbocycles. The third-order valence-corrected chi connectivity index (χ3v) is 4.75. The summed E-state index contributed by atoms with van der Waals surface area (Å²) in [7, 11) is 0. The molecule has 1 aromatic carbocycles. The summed E-state index contributed by atoms with van der Waals surface area (Å²) in [6.07, 6.45) is 0.926. The fraction of sp³-hybridized carbons (Fsp3) is 0.438. The van der Waals surface area contributed by atoms with Crippen LogP contribution in [0.4, 0.5) is 0 Å². The zero-order valence-corrected chi connectivity index (χ0v) is 14.3. The van der Waals surface area contributed by atoms with Crippen LogP contribution < -0.4 is 5.73 Å². The summed E-state index contributed by atoms with van der Waals surface area (Å²) < 4.78 is 5.75. The van der Waals surface area contributed by atoms with Gasteiger partial charge in [0, 0.05) is 24.0 Å². The molecule has 4 nitrogen and oxygen atoms in total. The second kappa shape index (κ2) is 6.11. The summed E-state index contributed by atoms with van der Waals surface area (Å²) in [5.74, 6) is 0.316. The van der Waals surface area contributed by atoms with E-state index in [0.717, 1.165) is 23.9 Å². The Morgan fingerprint density at radius 3 is 2.82 bits per heavy atom. The molecule has 22 heavy (non-hydrogen) atoms. The average Bonchev–Trinajstić information content (AvgIpc) is 3.02. The van der Waals surface area contributed by atoms with Gasteiger partial charge in [-0.3, -0.25) is 4.79 Å². The fourth-order valence-corrected chi connectivity index (χ4v) is 3.13. The summed E-state index contributed by atoms with van der Waals surface area (Å²) in [5.41, 5.74) is 7.24. The molecule has 1 aliphatic heterocycles. The standard InChI is InChI=1S/C16H19ClN2O2.ClH/c1-10-11-4-3-5-12(17)14(11)21-13(10)15(20)19-7-6-16(2,8-18)9-19;/h3-5H,6-9,18H2,1-2H3;1H. The van der Waals surface area contributed by atoms with Gasteiger partial charge in [0.2, 0.25) is 0 Å². The lowest BCUT2D eigenvalue weighted by atomic mass is 9.90. The van der Waals surface area contributed by atoms with E-state index in [-0.39, 0.29) is 23.7 Å². The van der Waals surface area contributed by atoms with Gasteiger partial charge in [0.1, 0.15) is 0 Å². The predicted octanol–water partition coefficient (Wildman–Crippen LogP) is 3.63. The highest BCUT2D eigenvalue weighted by atomic mass is 35.5. The van der Waals surface area contributed by atoms with Gasteiger partial charge in [0.05, 0.1) is 5.02 Å². The van der Waals surface area contributed by atoms with Crippen LogP contribution in [0, 0.1) is 12.3 Å². The summed E-state index contributed by atoms with van der Waals surface area (Å²) in [6.45, 7) is 5.99. The van der Waals surface area contributed by atoms with Crippen LogP contribution in [0.25, 0.3) is 11.0 Å². The Morgan fingerprint density at radius 2 is 2.23 bits per heavy atom. The lowest BCUT2D eigenvalue weighted by Gasteiger charge is -2.22. The van der Waals surface area contributed by atoms with E-state index in [0.29, 0.717) is 29.5 Å². The SMILES string of the molecule is Cc1c(C(=O)N2CCC(C)(CN)C2)oc2c(Cl)cccc12.Cl. The molecule has 1 unspecified atom stereocenters. The van der Waals surface area contributed by atoms with Crippen molar-refractivity contribution in [2.24, 2.45) is 11.1 Å². The number of para-hydroxylation sites is 1. The number of nitrogens with zero attached hydrogens (tertiary/aromatic N) is 1. The number of likely N-dealkylation sites (tertiary alicyclic amines) is 1. The van der Waals surface area contributed by atoms with Crippen LogP contribution in [-0.2, 0) is 0 Å². The Labute approximate surface area is 141 Å². The topological polar surface area (TPSA) is 59.5 Å². The molecule has 0 spiro atoms. The van der Waals surface area contributed by atoms with Crippen molar-refractivity contribution in [2.45, 2.75) is 20.3 Å². The van der Waals surface area contributed by atoms with Crippen LogP contribution in [0.2, 0.25) is 5.02 Å². The van der Waals surface area contributed by atoms with Crippen LogP contribution in [0.15, 0.2) is 22.6 Å². The van der Waals surface area contributed by atoms with Crippen molar-refractivity contribution in [3.8, 4) is 0 Å². The first-order valence-corrected chi connectivity index (χ1v) is 7.50. The fourth-order valence-electron chi connectivity index (χ4n) is 2.92. The number of benzene rings is 1. The molecule has 1 saturated heterocycles. The first-order valence-electron chi connectivity index (χ1n) is 7.12. The Kier molecular flexibility index (Phi) is 4.76. The average molecular weight is 343 g/mol. The maximum atomic E-state index is 12.7. The third-order valence-electron chi connectivity index (χ3n) is 4.45. The number of furan rings is 1. The molecule has 6 heteroatoms. The normalized spacial score (nSPS) is 21.2. The largest absolute Gasteiger partial charge is 0.449 e.